The highest BCUT2D eigenvalue weighted by Gasteiger charge is 2.36. The fourth-order valence-electron chi connectivity index (χ4n) is 3.37. The molecule has 2 amide bonds. The SMILES string of the molecule is O=C(N[C@@H]1CCOc2ccccc21)[C@H]1CSCN1C(=O)c1ccccc1. The molecular weight excluding hydrogens is 348 g/mol. The van der Waals surface area contributed by atoms with Gasteiger partial charge in [0.1, 0.15) is 11.8 Å². The molecule has 2 heterocycles. The van der Waals surface area contributed by atoms with E-state index < -0.39 is 6.04 Å². The van der Waals surface area contributed by atoms with Crippen molar-refractivity contribution in [2.24, 2.45) is 0 Å². The topological polar surface area (TPSA) is 58.6 Å². The third-order valence-electron chi connectivity index (χ3n) is 4.74. The molecule has 0 bridgehead atoms. The van der Waals surface area contributed by atoms with Crippen LogP contribution in [0.15, 0.2) is 54.6 Å². The van der Waals surface area contributed by atoms with Crippen molar-refractivity contribution in [1.82, 2.24) is 10.2 Å². The number of carbonyl (C=O) groups is 2. The molecule has 6 heteroatoms. The summed E-state index contributed by atoms with van der Waals surface area (Å²) in [5.41, 5.74) is 1.61. The fourth-order valence-corrected chi connectivity index (χ4v) is 4.52. The van der Waals surface area contributed by atoms with E-state index in [4.69, 9.17) is 4.74 Å². The smallest absolute Gasteiger partial charge is 0.255 e. The summed E-state index contributed by atoms with van der Waals surface area (Å²) < 4.78 is 5.66. The lowest BCUT2D eigenvalue weighted by Crippen LogP contribution is -2.48. The average Bonchev–Trinajstić information content (AvgIpc) is 3.18. The summed E-state index contributed by atoms with van der Waals surface area (Å²) in [6, 6.07) is 16.4. The van der Waals surface area contributed by atoms with Crippen molar-refractivity contribution in [3.05, 3.63) is 65.7 Å². The predicted molar refractivity (Wildman–Crippen MR) is 101 cm³/mol. The molecule has 0 aromatic heterocycles. The van der Waals surface area contributed by atoms with E-state index in [0.29, 0.717) is 23.8 Å². The van der Waals surface area contributed by atoms with E-state index in [9.17, 15) is 9.59 Å². The number of benzene rings is 2. The van der Waals surface area contributed by atoms with Crippen molar-refractivity contribution in [1.29, 1.82) is 0 Å². The van der Waals surface area contributed by atoms with Crippen LogP contribution < -0.4 is 10.1 Å². The summed E-state index contributed by atoms with van der Waals surface area (Å²) in [5.74, 6) is 1.79. The summed E-state index contributed by atoms with van der Waals surface area (Å²) in [5, 5.41) is 3.13. The quantitative estimate of drug-likeness (QED) is 0.905. The summed E-state index contributed by atoms with van der Waals surface area (Å²) >= 11 is 1.61. The van der Waals surface area contributed by atoms with Crippen LogP contribution in [0.1, 0.15) is 28.4 Å². The van der Waals surface area contributed by atoms with Gasteiger partial charge in [-0.15, -0.1) is 11.8 Å². The van der Waals surface area contributed by atoms with Crippen molar-refractivity contribution in [2.75, 3.05) is 18.2 Å². The zero-order chi connectivity index (χ0) is 17.9. The molecule has 0 radical (unpaired) electrons. The zero-order valence-electron chi connectivity index (χ0n) is 14.3. The molecule has 2 aromatic rings. The van der Waals surface area contributed by atoms with Crippen LogP contribution in [0.25, 0.3) is 0 Å². The molecule has 2 aliphatic heterocycles. The molecule has 0 spiro atoms. The van der Waals surface area contributed by atoms with Crippen molar-refractivity contribution in [3.63, 3.8) is 0 Å². The summed E-state index contributed by atoms with van der Waals surface area (Å²) in [6.07, 6.45) is 0.731. The van der Waals surface area contributed by atoms with Crippen LogP contribution in [0.2, 0.25) is 0 Å². The second-order valence-electron chi connectivity index (χ2n) is 6.39. The number of thioether (sulfide) groups is 1. The number of hydrogen-bond donors (Lipinski definition) is 1. The largest absolute Gasteiger partial charge is 0.493 e. The van der Waals surface area contributed by atoms with Crippen LogP contribution in [0.4, 0.5) is 0 Å². The predicted octanol–water partition coefficient (Wildman–Crippen LogP) is 2.84. The Morgan fingerprint density at radius 2 is 1.85 bits per heavy atom. The maximum atomic E-state index is 12.9. The van der Waals surface area contributed by atoms with Crippen molar-refractivity contribution < 1.29 is 14.3 Å². The average molecular weight is 368 g/mol. The van der Waals surface area contributed by atoms with Crippen molar-refractivity contribution in [3.8, 4) is 5.75 Å². The van der Waals surface area contributed by atoms with Crippen LogP contribution in [0.3, 0.4) is 0 Å². The van der Waals surface area contributed by atoms with Crippen LogP contribution in [0, 0.1) is 0 Å². The van der Waals surface area contributed by atoms with E-state index in [-0.39, 0.29) is 17.9 Å². The summed E-state index contributed by atoms with van der Waals surface area (Å²) in [4.78, 5) is 27.3. The summed E-state index contributed by atoms with van der Waals surface area (Å²) in [6.45, 7) is 0.577. The Morgan fingerprint density at radius 1 is 1.08 bits per heavy atom. The highest BCUT2D eigenvalue weighted by molar-refractivity contribution is 7.99. The molecule has 1 N–H and O–H groups in total. The lowest BCUT2D eigenvalue weighted by molar-refractivity contribution is -0.125. The molecule has 2 aromatic carbocycles. The maximum absolute atomic E-state index is 12.9. The van der Waals surface area contributed by atoms with E-state index in [0.717, 1.165) is 17.7 Å². The first kappa shape index (κ1) is 17.0. The number of amides is 2. The highest BCUT2D eigenvalue weighted by atomic mass is 32.2. The summed E-state index contributed by atoms with van der Waals surface area (Å²) in [7, 11) is 0. The zero-order valence-corrected chi connectivity index (χ0v) is 15.1. The first-order valence-corrected chi connectivity index (χ1v) is 9.85. The van der Waals surface area contributed by atoms with Gasteiger partial charge >= 0.3 is 0 Å². The molecule has 134 valence electrons. The monoisotopic (exact) mass is 368 g/mol. The van der Waals surface area contributed by atoms with Gasteiger partial charge in [-0.25, -0.2) is 0 Å². The molecule has 2 atom stereocenters. The molecule has 1 saturated heterocycles. The number of hydrogen-bond acceptors (Lipinski definition) is 4. The number of para-hydroxylation sites is 1. The molecule has 0 saturated carbocycles. The molecular formula is C20H20N2O3S. The van der Waals surface area contributed by atoms with E-state index in [1.807, 2.05) is 42.5 Å². The van der Waals surface area contributed by atoms with Gasteiger partial charge in [0.25, 0.3) is 5.91 Å². The van der Waals surface area contributed by atoms with E-state index in [1.165, 1.54) is 0 Å². The fraction of sp³-hybridized carbons (Fsp3) is 0.300. The first-order chi connectivity index (χ1) is 12.7. The van der Waals surface area contributed by atoms with Gasteiger partial charge in [0, 0.05) is 23.3 Å². The number of ether oxygens (including phenoxy) is 1. The molecule has 1 fully saturated rings. The van der Waals surface area contributed by atoms with Crippen molar-refractivity contribution >= 4 is 23.6 Å². The molecule has 0 unspecified atom stereocenters. The van der Waals surface area contributed by atoms with Gasteiger partial charge in [-0.2, -0.15) is 0 Å². The Kier molecular flexibility index (Phi) is 4.84. The van der Waals surface area contributed by atoms with E-state index >= 15 is 0 Å². The minimum atomic E-state index is -0.442. The second-order valence-corrected chi connectivity index (χ2v) is 7.39. The van der Waals surface area contributed by atoms with Crippen LogP contribution in [-0.4, -0.2) is 41.0 Å². The maximum Gasteiger partial charge on any atom is 0.255 e. The Hall–Kier alpha value is -2.47. The molecule has 4 rings (SSSR count). The standard InChI is InChI=1S/C20H20N2O3S/c23-19(21-16-10-11-25-18-9-5-4-8-15(16)18)17-12-26-13-22(17)20(24)14-6-2-1-3-7-14/h1-9,16-17H,10-13H2,(H,21,23)/t16-,17-/m1/s1. The van der Waals surface area contributed by atoms with Crippen LogP contribution >= 0.6 is 11.8 Å². The third kappa shape index (κ3) is 3.29. The minimum Gasteiger partial charge on any atom is -0.493 e. The van der Waals surface area contributed by atoms with Gasteiger partial charge in [-0.05, 0) is 18.2 Å². The Morgan fingerprint density at radius 3 is 2.69 bits per heavy atom. The third-order valence-corrected chi connectivity index (χ3v) is 5.75. The highest BCUT2D eigenvalue weighted by Crippen LogP contribution is 2.32. The van der Waals surface area contributed by atoms with Crippen molar-refractivity contribution in [2.45, 2.75) is 18.5 Å². The Bertz CT molecular complexity index is 812. The van der Waals surface area contributed by atoms with Gasteiger partial charge in [0.15, 0.2) is 0 Å². The molecule has 5 nitrogen and oxygen atoms in total. The van der Waals surface area contributed by atoms with E-state index in [2.05, 4.69) is 5.32 Å². The number of rotatable bonds is 3. The first-order valence-electron chi connectivity index (χ1n) is 8.70. The molecule has 0 aliphatic carbocycles. The van der Waals surface area contributed by atoms with Gasteiger partial charge in [0.2, 0.25) is 5.91 Å². The van der Waals surface area contributed by atoms with Crippen LogP contribution in [-0.2, 0) is 4.79 Å². The Balaban J connectivity index is 1.49. The molecule has 2 aliphatic rings. The van der Waals surface area contributed by atoms with Crippen LogP contribution in [0.5, 0.6) is 5.75 Å². The number of nitrogens with one attached hydrogen (secondary N) is 1. The lowest BCUT2D eigenvalue weighted by Gasteiger charge is -2.29. The van der Waals surface area contributed by atoms with Gasteiger partial charge in [-0.3, -0.25) is 9.59 Å². The van der Waals surface area contributed by atoms with Gasteiger partial charge < -0.3 is 15.0 Å². The van der Waals surface area contributed by atoms with E-state index in [1.54, 1.807) is 28.8 Å². The lowest BCUT2D eigenvalue weighted by atomic mass is 10.00. The normalized spacial score (nSPS) is 21.6. The number of fused-ring (bicyclic) bond motifs is 1. The minimum absolute atomic E-state index is 0.0771. The Labute approximate surface area is 156 Å². The number of carbonyl (C=O) groups excluding carboxylic acids is 2. The van der Waals surface area contributed by atoms with Gasteiger partial charge in [-0.1, -0.05) is 36.4 Å². The molecule has 26 heavy (non-hydrogen) atoms. The number of nitrogens with zero attached hydrogens (tertiary/aromatic N) is 1. The van der Waals surface area contributed by atoms with Gasteiger partial charge in [0.05, 0.1) is 18.5 Å². The second kappa shape index (κ2) is 7.41.